The Morgan fingerprint density at radius 3 is 2.71 bits per heavy atom. The fourth-order valence-corrected chi connectivity index (χ4v) is 3.71. The van der Waals surface area contributed by atoms with Crippen LogP contribution in [0.5, 0.6) is 0 Å². The summed E-state index contributed by atoms with van der Waals surface area (Å²) >= 11 is 0. The zero-order chi connectivity index (χ0) is 19.6. The van der Waals surface area contributed by atoms with Crippen LogP contribution in [-0.2, 0) is 14.6 Å². The van der Waals surface area contributed by atoms with Gasteiger partial charge in [0.15, 0.2) is 15.7 Å². The van der Waals surface area contributed by atoms with Crippen LogP contribution in [0.1, 0.15) is 0 Å². The Bertz CT molecular complexity index is 1080. The molecule has 4 rings (SSSR count). The molecule has 0 amide bonds. The van der Waals surface area contributed by atoms with Crippen LogP contribution in [0.15, 0.2) is 47.6 Å². The Kier molecular flexibility index (Phi) is 5.21. The van der Waals surface area contributed by atoms with Gasteiger partial charge in [-0.3, -0.25) is 4.98 Å². The Morgan fingerprint density at radius 2 is 2.00 bits per heavy atom. The summed E-state index contributed by atoms with van der Waals surface area (Å²) < 4.78 is 29.1. The average Bonchev–Trinajstić information content (AvgIpc) is 2.72. The van der Waals surface area contributed by atoms with E-state index in [1.165, 1.54) is 6.26 Å². The van der Waals surface area contributed by atoms with Gasteiger partial charge < -0.3 is 15.4 Å². The van der Waals surface area contributed by atoms with E-state index < -0.39 is 9.84 Å². The van der Waals surface area contributed by atoms with Gasteiger partial charge in [-0.15, -0.1) is 0 Å². The second-order valence-electron chi connectivity index (χ2n) is 6.65. The summed E-state index contributed by atoms with van der Waals surface area (Å²) in [7, 11) is -3.24. The molecule has 9 heteroatoms. The maximum atomic E-state index is 11.7. The third-order valence-electron chi connectivity index (χ3n) is 4.54. The van der Waals surface area contributed by atoms with Gasteiger partial charge in [0.05, 0.1) is 28.8 Å². The molecule has 2 aromatic heterocycles. The number of hydrogen-bond acceptors (Lipinski definition) is 8. The van der Waals surface area contributed by atoms with Crippen LogP contribution in [-0.4, -0.2) is 62.0 Å². The summed E-state index contributed by atoms with van der Waals surface area (Å²) in [4.78, 5) is 13.8. The minimum Gasteiger partial charge on any atom is -0.374 e. The highest BCUT2D eigenvalue weighted by Crippen LogP contribution is 2.26. The van der Waals surface area contributed by atoms with E-state index in [9.17, 15) is 8.42 Å². The zero-order valence-electron chi connectivity index (χ0n) is 15.4. The lowest BCUT2D eigenvalue weighted by Gasteiger charge is -2.24. The highest BCUT2D eigenvalue weighted by molar-refractivity contribution is 7.90. The molecule has 0 bridgehead atoms. The molecule has 8 nitrogen and oxygen atoms in total. The van der Waals surface area contributed by atoms with Crippen LogP contribution in [0.3, 0.4) is 0 Å². The van der Waals surface area contributed by atoms with E-state index in [0.717, 1.165) is 18.7 Å². The number of ether oxygens (including phenoxy) is 1. The summed E-state index contributed by atoms with van der Waals surface area (Å²) in [6.07, 6.45) is 4.52. The SMILES string of the molecule is CS(=O)(=O)c1ccc(-c2cc3nccnc3c(NCC3CNCCO3)n2)cc1. The fourth-order valence-electron chi connectivity index (χ4n) is 3.08. The highest BCUT2D eigenvalue weighted by Gasteiger charge is 2.16. The molecule has 28 heavy (non-hydrogen) atoms. The summed E-state index contributed by atoms with van der Waals surface area (Å²) in [6.45, 7) is 2.93. The van der Waals surface area contributed by atoms with Crippen molar-refractivity contribution in [3.8, 4) is 11.3 Å². The fraction of sp³-hybridized carbons (Fsp3) is 0.316. The van der Waals surface area contributed by atoms with Crippen LogP contribution in [0.2, 0.25) is 0 Å². The van der Waals surface area contributed by atoms with Gasteiger partial charge in [-0.1, -0.05) is 12.1 Å². The first kappa shape index (κ1) is 18.7. The Morgan fingerprint density at radius 1 is 1.21 bits per heavy atom. The van der Waals surface area contributed by atoms with Crippen LogP contribution in [0.25, 0.3) is 22.3 Å². The quantitative estimate of drug-likeness (QED) is 0.665. The van der Waals surface area contributed by atoms with Crippen LogP contribution < -0.4 is 10.6 Å². The molecule has 0 radical (unpaired) electrons. The second kappa shape index (κ2) is 7.78. The first-order valence-corrected chi connectivity index (χ1v) is 10.9. The molecule has 1 aromatic carbocycles. The van der Waals surface area contributed by atoms with E-state index >= 15 is 0 Å². The molecule has 3 aromatic rings. The molecular weight excluding hydrogens is 378 g/mol. The molecule has 0 aliphatic carbocycles. The summed E-state index contributed by atoms with van der Waals surface area (Å²) in [5.41, 5.74) is 2.89. The number of fused-ring (bicyclic) bond motifs is 1. The predicted octanol–water partition coefficient (Wildman–Crippen LogP) is 1.50. The number of sulfone groups is 1. The monoisotopic (exact) mass is 399 g/mol. The molecule has 0 saturated carbocycles. The predicted molar refractivity (Wildman–Crippen MR) is 107 cm³/mol. The topological polar surface area (TPSA) is 106 Å². The molecule has 146 valence electrons. The lowest BCUT2D eigenvalue weighted by Crippen LogP contribution is -2.42. The third kappa shape index (κ3) is 4.11. The van der Waals surface area contributed by atoms with Gasteiger partial charge in [-0.25, -0.2) is 18.4 Å². The van der Waals surface area contributed by atoms with E-state index in [-0.39, 0.29) is 11.0 Å². The summed E-state index contributed by atoms with van der Waals surface area (Å²) in [6, 6.07) is 8.52. The van der Waals surface area contributed by atoms with Crippen LogP contribution >= 0.6 is 0 Å². The number of pyridine rings is 1. The average molecular weight is 399 g/mol. The standard InChI is InChI=1S/C19H21N5O3S/c1-28(25,26)15-4-2-13(3-5-15)16-10-17-18(22-7-6-21-17)19(24-16)23-12-14-11-20-8-9-27-14/h2-7,10,14,20H,8-9,11-12H2,1H3,(H,23,24). The van der Waals surface area contributed by atoms with E-state index in [1.807, 2.05) is 6.07 Å². The van der Waals surface area contributed by atoms with Crippen molar-refractivity contribution in [2.24, 2.45) is 0 Å². The molecular formula is C19H21N5O3S. The van der Waals surface area contributed by atoms with E-state index in [2.05, 4.69) is 20.6 Å². The van der Waals surface area contributed by atoms with Crippen molar-refractivity contribution in [3.63, 3.8) is 0 Å². The minimum atomic E-state index is -3.24. The third-order valence-corrected chi connectivity index (χ3v) is 5.66. The van der Waals surface area contributed by atoms with Gasteiger partial charge >= 0.3 is 0 Å². The van der Waals surface area contributed by atoms with Crippen molar-refractivity contribution in [1.82, 2.24) is 20.3 Å². The van der Waals surface area contributed by atoms with Gasteiger partial charge in [-0.2, -0.15) is 0 Å². The molecule has 1 fully saturated rings. The lowest BCUT2D eigenvalue weighted by atomic mass is 10.1. The summed E-state index contributed by atoms with van der Waals surface area (Å²) in [5, 5.41) is 6.63. The van der Waals surface area contributed by atoms with Gasteiger partial charge in [0.2, 0.25) is 0 Å². The smallest absolute Gasteiger partial charge is 0.175 e. The van der Waals surface area contributed by atoms with Gasteiger partial charge in [0.25, 0.3) is 0 Å². The number of anilines is 1. The number of benzene rings is 1. The molecule has 1 aliphatic rings. The van der Waals surface area contributed by atoms with Crippen molar-refractivity contribution in [3.05, 3.63) is 42.7 Å². The Hall–Kier alpha value is -2.62. The number of aromatic nitrogens is 3. The Balaban J connectivity index is 1.67. The molecule has 1 saturated heterocycles. The lowest BCUT2D eigenvalue weighted by molar-refractivity contribution is 0.0372. The molecule has 1 aliphatic heterocycles. The Labute approximate surface area is 163 Å². The number of morpholine rings is 1. The number of nitrogens with one attached hydrogen (secondary N) is 2. The highest BCUT2D eigenvalue weighted by atomic mass is 32.2. The zero-order valence-corrected chi connectivity index (χ0v) is 16.2. The number of nitrogens with zero attached hydrogens (tertiary/aromatic N) is 3. The van der Waals surface area contributed by atoms with Crippen LogP contribution in [0, 0.1) is 0 Å². The largest absolute Gasteiger partial charge is 0.374 e. The molecule has 1 atom stereocenters. The van der Waals surface area contributed by atoms with Crippen molar-refractivity contribution < 1.29 is 13.2 Å². The molecule has 3 heterocycles. The number of hydrogen-bond donors (Lipinski definition) is 2. The first-order valence-electron chi connectivity index (χ1n) is 8.99. The van der Waals surface area contributed by atoms with Gasteiger partial charge in [0, 0.05) is 43.8 Å². The maximum Gasteiger partial charge on any atom is 0.175 e. The van der Waals surface area contributed by atoms with E-state index in [0.29, 0.717) is 35.7 Å². The second-order valence-corrected chi connectivity index (χ2v) is 8.67. The molecule has 2 N–H and O–H groups in total. The van der Waals surface area contributed by atoms with Crippen molar-refractivity contribution in [1.29, 1.82) is 0 Å². The normalized spacial score (nSPS) is 17.5. The molecule has 0 spiro atoms. The van der Waals surface area contributed by atoms with Gasteiger partial charge in [0.1, 0.15) is 5.52 Å². The first-order chi connectivity index (χ1) is 13.5. The van der Waals surface area contributed by atoms with Gasteiger partial charge in [-0.05, 0) is 18.2 Å². The van der Waals surface area contributed by atoms with Crippen molar-refractivity contribution >= 4 is 26.7 Å². The van der Waals surface area contributed by atoms with E-state index in [4.69, 9.17) is 9.72 Å². The van der Waals surface area contributed by atoms with Crippen LogP contribution in [0.4, 0.5) is 5.82 Å². The van der Waals surface area contributed by atoms with Crippen molar-refractivity contribution in [2.75, 3.05) is 37.8 Å². The number of rotatable bonds is 5. The summed E-state index contributed by atoms with van der Waals surface area (Å²) in [5.74, 6) is 0.627. The van der Waals surface area contributed by atoms with E-state index in [1.54, 1.807) is 36.7 Å². The minimum absolute atomic E-state index is 0.0555. The molecule has 1 unspecified atom stereocenters. The maximum absolute atomic E-state index is 11.7. The van der Waals surface area contributed by atoms with Crippen molar-refractivity contribution in [2.45, 2.75) is 11.0 Å².